The lowest BCUT2D eigenvalue weighted by atomic mass is 10.0. The summed E-state index contributed by atoms with van der Waals surface area (Å²) in [5, 5.41) is 106. The third-order valence-corrected chi connectivity index (χ3v) is 6.94. The molecule has 23 heteroatoms. The number of nitrogens with zero attached hydrogens (tertiary/aromatic N) is 3. The van der Waals surface area contributed by atoms with Crippen molar-refractivity contribution in [3.8, 4) is 0 Å². The standard InChI is InChI=1S/C28H54N6O17/c29-34-32-4-6-49-8-10-51-12-11-50-9-7-48-5-3-23(42)33-17(28(47)31-14-19(38)25(44)27(46)21(40)16-36)1-2-22(41)30-13-18(37)24(43)26(45)20(39)15-35/h17-21,24-27,35-40,43-46H,1-16H2,(H,30,41)(H,31,47)(H,33,42)/t17-,18-,19-,20+,21+,24+,25+,26+,27+/m0/s1. The molecule has 298 valence electrons. The summed E-state index contributed by atoms with van der Waals surface area (Å²) in [7, 11) is 0. The number of ether oxygens (including phenoxy) is 4. The molecule has 0 aromatic carbocycles. The first-order valence-corrected chi connectivity index (χ1v) is 16.1. The number of hydrogen-bond acceptors (Lipinski definition) is 18. The third kappa shape index (κ3) is 22.7. The summed E-state index contributed by atoms with van der Waals surface area (Å²) in [5.41, 5.74) is 8.16. The summed E-state index contributed by atoms with van der Waals surface area (Å²) in [5.74, 6) is -2.33. The van der Waals surface area contributed by atoms with Gasteiger partial charge in [0.1, 0.15) is 42.7 Å². The zero-order chi connectivity index (χ0) is 38.6. The van der Waals surface area contributed by atoms with Gasteiger partial charge in [0.05, 0.1) is 78.3 Å². The zero-order valence-corrected chi connectivity index (χ0v) is 28.2. The maximum Gasteiger partial charge on any atom is 0.242 e. The summed E-state index contributed by atoms with van der Waals surface area (Å²) in [6.07, 6.45) is -15.8. The molecule has 0 heterocycles. The van der Waals surface area contributed by atoms with E-state index in [2.05, 4.69) is 26.0 Å². The largest absolute Gasteiger partial charge is 0.394 e. The van der Waals surface area contributed by atoms with Crippen LogP contribution in [-0.4, -0.2) is 209 Å². The lowest BCUT2D eigenvalue weighted by molar-refractivity contribution is -0.132. The van der Waals surface area contributed by atoms with E-state index < -0.39 is 105 Å². The number of azide groups is 1. The molecular weight excluding hydrogens is 692 g/mol. The summed E-state index contributed by atoms with van der Waals surface area (Å²) in [6.45, 7) is -1.07. The maximum atomic E-state index is 12.9. The summed E-state index contributed by atoms with van der Waals surface area (Å²) in [4.78, 5) is 40.4. The van der Waals surface area contributed by atoms with E-state index in [1.165, 1.54) is 0 Å². The number of nitrogens with one attached hydrogen (secondary N) is 3. The van der Waals surface area contributed by atoms with Crippen molar-refractivity contribution < 1.29 is 84.4 Å². The van der Waals surface area contributed by atoms with Gasteiger partial charge in [-0.05, 0) is 12.0 Å². The fourth-order valence-corrected chi connectivity index (χ4v) is 3.89. The Morgan fingerprint density at radius 1 is 0.588 bits per heavy atom. The molecule has 0 unspecified atom stereocenters. The topological polar surface area (TPSA) is 375 Å². The van der Waals surface area contributed by atoms with Crippen LogP contribution in [-0.2, 0) is 33.3 Å². The Morgan fingerprint density at radius 3 is 1.49 bits per heavy atom. The highest BCUT2D eigenvalue weighted by atomic mass is 16.6. The van der Waals surface area contributed by atoms with Crippen LogP contribution in [0.2, 0.25) is 0 Å². The monoisotopic (exact) mass is 746 g/mol. The van der Waals surface area contributed by atoms with Crippen molar-refractivity contribution >= 4 is 17.7 Å². The van der Waals surface area contributed by atoms with Gasteiger partial charge in [-0.3, -0.25) is 14.4 Å². The van der Waals surface area contributed by atoms with Crippen LogP contribution in [0.25, 0.3) is 10.4 Å². The van der Waals surface area contributed by atoms with Gasteiger partial charge in [0, 0.05) is 37.4 Å². The molecule has 0 aliphatic rings. The molecule has 0 saturated heterocycles. The van der Waals surface area contributed by atoms with Crippen LogP contribution in [0.1, 0.15) is 19.3 Å². The SMILES string of the molecule is [N-]=[N+]=NCCOCCOCCOCCOCCC(=O)N[C@@H](CCC(=O)NC[C@H](O)[C@@H](O)[C@H](O)[C@H](O)CO)C(=O)NC[C@H](O)[C@@H](O)[C@H](O)[C@H](O)CO. The van der Waals surface area contributed by atoms with E-state index in [0.29, 0.717) is 19.8 Å². The minimum absolute atomic E-state index is 0.0687. The number of carbonyl (C=O) groups excluding carboxylic acids is 3. The lowest BCUT2D eigenvalue weighted by Gasteiger charge is -2.26. The number of aliphatic hydroxyl groups is 10. The maximum absolute atomic E-state index is 12.9. The first kappa shape index (κ1) is 48.2. The number of rotatable bonds is 32. The van der Waals surface area contributed by atoms with Crippen molar-refractivity contribution in [3.05, 3.63) is 10.4 Å². The molecule has 0 aliphatic heterocycles. The second kappa shape index (κ2) is 29.7. The van der Waals surface area contributed by atoms with Gasteiger partial charge >= 0.3 is 0 Å². The Labute approximate surface area is 293 Å². The van der Waals surface area contributed by atoms with Crippen molar-refractivity contribution in [3.63, 3.8) is 0 Å². The zero-order valence-electron chi connectivity index (χ0n) is 28.2. The minimum atomic E-state index is -1.97. The van der Waals surface area contributed by atoms with Gasteiger partial charge in [-0.1, -0.05) is 5.11 Å². The average molecular weight is 747 g/mol. The van der Waals surface area contributed by atoms with Crippen LogP contribution in [0.4, 0.5) is 0 Å². The summed E-state index contributed by atoms with van der Waals surface area (Å²) < 4.78 is 21.2. The van der Waals surface area contributed by atoms with Gasteiger partial charge in [-0.15, -0.1) is 0 Å². The first-order valence-electron chi connectivity index (χ1n) is 16.1. The number of aliphatic hydroxyl groups excluding tert-OH is 10. The molecule has 0 bridgehead atoms. The van der Waals surface area contributed by atoms with E-state index in [1.807, 2.05) is 0 Å². The van der Waals surface area contributed by atoms with Crippen LogP contribution in [0.3, 0.4) is 0 Å². The summed E-state index contributed by atoms with van der Waals surface area (Å²) in [6, 6.07) is -1.38. The van der Waals surface area contributed by atoms with Crippen molar-refractivity contribution in [1.29, 1.82) is 0 Å². The van der Waals surface area contributed by atoms with E-state index >= 15 is 0 Å². The van der Waals surface area contributed by atoms with Gasteiger partial charge in [0.2, 0.25) is 17.7 Å². The Morgan fingerprint density at radius 2 is 1.02 bits per heavy atom. The van der Waals surface area contributed by atoms with Crippen LogP contribution < -0.4 is 16.0 Å². The predicted octanol–water partition coefficient (Wildman–Crippen LogP) is -6.88. The molecule has 9 atom stereocenters. The van der Waals surface area contributed by atoms with Crippen LogP contribution in [0.15, 0.2) is 5.11 Å². The normalized spacial score (nSPS) is 16.7. The molecular formula is C28H54N6O17. The molecule has 0 radical (unpaired) electrons. The molecule has 0 spiro atoms. The first-order chi connectivity index (χ1) is 24.3. The van der Waals surface area contributed by atoms with E-state index in [1.54, 1.807) is 0 Å². The second-order valence-corrected chi connectivity index (χ2v) is 11.0. The van der Waals surface area contributed by atoms with E-state index in [4.69, 9.17) is 34.7 Å². The van der Waals surface area contributed by atoms with Crippen molar-refractivity contribution in [2.45, 2.75) is 74.1 Å². The molecule has 23 nitrogen and oxygen atoms in total. The predicted molar refractivity (Wildman–Crippen MR) is 171 cm³/mol. The molecule has 0 aromatic heterocycles. The highest BCUT2D eigenvalue weighted by molar-refractivity contribution is 5.88. The highest BCUT2D eigenvalue weighted by Gasteiger charge is 2.32. The van der Waals surface area contributed by atoms with Crippen LogP contribution >= 0.6 is 0 Å². The van der Waals surface area contributed by atoms with E-state index in [9.17, 15) is 55.2 Å². The smallest absolute Gasteiger partial charge is 0.242 e. The fraction of sp³-hybridized carbons (Fsp3) is 0.893. The quantitative estimate of drug-likeness (QED) is 0.0132. The van der Waals surface area contributed by atoms with E-state index in [-0.39, 0.29) is 52.4 Å². The molecule has 0 fully saturated rings. The molecule has 0 saturated carbocycles. The van der Waals surface area contributed by atoms with Crippen molar-refractivity contribution in [2.24, 2.45) is 5.11 Å². The molecule has 13 N–H and O–H groups in total. The number of carbonyl (C=O) groups is 3. The average Bonchev–Trinajstić information content (AvgIpc) is 3.13. The summed E-state index contributed by atoms with van der Waals surface area (Å²) >= 11 is 0. The Balaban J connectivity index is 4.81. The van der Waals surface area contributed by atoms with Crippen molar-refractivity contribution in [2.75, 3.05) is 85.7 Å². The highest BCUT2D eigenvalue weighted by Crippen LogP contribution is 2.07. The third-order valence-electron chi connectivity index (χ3n) is 6.94. The van der Waals surface area contributed by atoms with Gasteiger partial charge in [-0.25, -0.2) is 0 Å². The van der Waals surface area contributed by atoms with Gasteiger partial charge < -0.3 is 86.0 Å². The van der Waals surface area contributed by atoms with E-state index in [0.717, 1.165) is 0 Å². The van der Waals surface area contributed by atoms with Gasteiger partial charge in [0.25, 0.3) is 0 Å². The Bertz CT molecular complexity index is 997. The fourth-order valence-electron chi connectivity index (χ4n) is 3.89. The van der Waals surface area contributed by atoms with Crippen LogP contribution in [0.5, 0.6) is 0 Å². The molecule has 0 rings (SSSR count). The Kier molecular flexibility index (Phi) is 28.1. The molecule has 3 amide bonds. The number of amides is 3. The molecule has 0 aliphatic carbocycles. The Hall–Kier alpha value is -2.84. The number of hydrogen-bond donors (Lipinski definition) is 13. The molecule has 51 heavy (non-hydrogen) atoms. The lowest BCUT2D eigenvalue weighted by Crippen LogP contribution is -2.53. The second-order valence-electron chi connectivity index (χ2n) is 11.0. The molecule has 0 aromatic rings. The van der Waals surface area contributed by atoms with Gasteiger partial charge in [0.15, 0.2) is 0 Å². The van der Waals surface area contributed by atoms with Crippen molar-refractivity contribution in [1.82, 2.24) is 16.0 Å². The minimum Gasteiger partial charge on any atom is -0.394 e. The van der Waals surface area contributed by atoms with Gasteiger partial charge in [-0.2, -0.15) is 0 Å². The van der Waals surface area contributed by atoms with Crippen LogP contribution in [0, 0.1) is 0 Å².